The fraction of sp³-hybridized carbons (Fsp3) is 0.360. The van der Waals surface area contributed by atoms with Gasteiger partial charge in [0, 0.05) is 44.2 Å². The molecule has 0 saturated carbocycles. The summed E-state index contributed by atoms with van der Waals surface area (Å²) in [5.74, 6) is -1.71. The van der Waals surface area contributed by atoms with Gasteiger partial charge in [0.05, 0.1) is 25.5 Å². The molecule has 204 valence electrons. The number of methoxy groups -OCH3 is 1. The third kappa shape index (κ3) is 8.69. The molecular weight excluding hydrogens is 504 g/mol. The third-order valence-corrected chi connectivity index (χ3v) is 5.40. The molecule has 1 atom stereocenters. The number of nitrogens with zero attached hydrogens (tertiary/aromatic N) is 3. The third-order valence-electron chi connectivity index (χ3n) is 5.40. The molecule has 3 heterocycles. The number of H-pyrrole nitrogens is 1. The Labute approximate surface area is 217 Å². The zero-order valence-corrected chi connectivity index (χ0v) is 21.0. The molecule has 3 aromatic rings. The molecule has 1 fully saturated rings. The highest BCUT2D eigenvalue weighted by Gasteiger charge is 2.24. The van der Waals surface area contributed by atoms with Crippen LogP contribution in [-0.2, 0) is 20.9 Å². The summed E-state index contributed by atoms with van der Waals surface area (Å²) in [6.07, 6.45) is 5.68. The fourth-order valence-electron chi connectivity index (χ4n) is 3.32. The lowest BCUT2D eigenvalue weighted by Gasteiger charge is -2.17. The molecule has 1 unspecified atom stereocenters. The van der Waals surface area contributed by atoms with Crippen LogP contribution in [0, 0.1) is 11.6 Å². The second kappa shape index (κ2) is 13.9. The predicted octanol–water partition coefficient (Wildman–Crippen LogP) is 2.20. The van der Waals surface area contributed by atoms with Gasteiger partial charge in [0.25, 0.3) is 5.91 Å². The van der Waals surface area contributed by atoms with E-state index in [0.29, 0.717) is 24.6 Å². The monoisotopic (exact) mass is 533 g/mol. The van der Waals surface area contributed by atoms with Crippen molar-refractivity contribution in [1.29, 1.82) is 0 Å². The number of benzene rings is 1. The molecule has 1 saturated heterocycles. The van der Waals surface area contributed by atoms with Gasteiger partial charge in [0.1, 0.15) is 25.0 Å². The van der Waals surface area contributed by atoms with E-state index in [2.05, 4.69) is 15.4 Å². The number of aromatic nitrogens is 3. The normalized spacial score (nSPS) is 14.3. The fourth-order valence-corrected chi connectivity index (χ4v) is 3.32. The van der Waals surface area contributed by atoms with Gasteiger partial charge >= 0.3 is 0 Å². The Morgan fingerprint density at radius 2 is 2.08 bits per heavy atom. The van der Waals surface area contributed by atoms with Crippen molar-refractivity contribution >= 4 is 17.5 Å². The average Bonchev–Trinajstić information content (AvgIpc) is 3.59. The summed E-state index contributed by atoms with van der Waals surface area (Å²) >= 11 is 0. The standard InChI is InChI=1S/C19H22F2N4O4.C6H7NO2/c1-24(6-8-28-14-4-5-15(20)16(21)9-14)18(26)12-25-11-13(10-22-25)23-19(27)17-3-2-7-29-17;1-9-6-4-5(8)2-3-7-6/h4-5,9-11,17H,2-3,6-8,12H2,1H3,(H,23,27);2-4H,1H3,(H,7,8). The number of aromatic amines is 1. The number of nitrogens with one attached hydrogen (secondary N) is 2. The van der Waals surface area contributed by atoms with Crippen molar-refractivity contribution in [1.82, 2.24) is 19.7 Å². The van der Waals surface area contributed by atoms with E-state index in [4.69, 9.17) is 14.2 Å². The maximum Gasteiger partial charge on any atom is 0.253 e. The van der Waals surface area contributed by atoms with Crippen molar-refractivity contribution in [3.05, 3.63) is 70.8 Å². The topological polar surface area (TPSA) is 128 Å². The van der Waals surface area contributed by atoms with Gasteiger partial charge < -0.3 is 29.4 Å². The molecule has 1 aromatic carbocycles. The first-order valence-electron chi connectivity index (χ1n) is 11.7. The van der Waals surface area contributed by atoms with Gasteiger partial charge in [0.15, 0.2) is 22.9 Å². The maximum atomic E-state index is 13.1. The second-order valence-corrected chi connectivity index (χ2v) is 8.25. The first-order chi connectivity index (χ1) is 18.2. The van der Waals surface area contributed by atoms with Crippen LogP contribution in [0.25, 0.3) is 0 Å². The number of hydrogen-bond donors (Lipinski definition) is 2. The Morgan fingerprint density at radius 3 is 2.74 bits per heavy atom. The van der Waals surface area contributed by atoms with E-state index in [1.807, 2.05) is 0 Å². The van der Waals surface area contributed by atoms with Crippen LogP contribution in [0.15, 0.2) is 53.7 Å². The second-order valence-electron chi connectivity index (χ2n) is 8.25. The number of halogens is 2. The summed E-state index contributed by atoms with van der Waals surface area (Å²) in [5.41, 5.74) is 0.438. The van der Waals surface area contributed by atoms with Gasteiger partial charge in [-0.15, -0.1) is 0 Å². The maximum absolute atomic E-state index is 13.1. The smallest absolute Gasteiger partial charge is 0.253 e. The van der Waals surface area contributed by atoms with Gasteiger partial charge in [-0.2, -0.15) is 5.10 Å². The van der Waals surface area contributed by atoms with Gasteiger partial charge in [-0.3, -0.25) is 19.1 Å². The molecule has 0 bridgehead atoms. The summed E-state index contributed by atoms with van der Waals surface area (Å²) in [4.78, 5) is 39.0. The molecule has 1 aliphatic rings. The molecule has 0 spiro atoms. The van der Waals surface area contributed by atoms with E-state index in [1.54, 1.807) is 19.4 Å². The van der Waals surface area contributed by atoms with Crippen LogP contribution in [0.2, 0.25) is 0 Å². The molecule has 13 heteroatoms. The lowest BCUT2D eigenvalue weighted by atomic mass is 10.2. The number of anilines is 1. The van der Waals surface area contributed by atoms with Crippen molar-refractivity contribution in [3.63, 3.8) is 0 Å². The molecule has 0 aliphatic carbocycles. The number of carbonyl (C=O) groups is 2. The highest BCUT2D eigenvalue weighted by atomic mass is 19.2. The van der Waals surface area contributed by atoms with Crippen LogP contribution in [0.4, 0.5) is 14.5 Å². The molecule has 4 rings (SSSR count). The molecule has 38 heavy (non-hydrogen) atoms. The highest BCUT2D eigenvalue weighted by Crippen LogP contribution is 2.16. The van der Waals surface area contributed by atoms with Gasteiger partial charge in [-0.05, 0) is 25.0 Å². The van der Waals surface area contributed by atoms with E-state index >= 15 is 0 Å². The largest absolute Gasteiger partial charge is 0.492 e. The quantitative estimate of drug-likeness (QED) is 0.432. The molecular formula is C25H29F2N5O6. The molecule has 11 nitrogen and oxygen atoms in total. The van der Waals surface area contributed by atoms with Crippen LogP contribution >= 0.6 is 0 Å². The van der Waals surface area contributed by atoms with E-state index in [1.165, 1.54) is 41.1 Å². The molecule has 0 radical (unpaired) electrons. The van der Waals surface area contributed by atoms with E-state index in [9.17, 15) is 23.2 Å². The SMILES string of the molecule is CN(CCOc1ccc(F)c(F)c1)C(=O)Cn1cc(NC(=O)C2CCCO2)cn1.COc1cc(=O)cc[nH]1. The van der Waals surface area contributed by atoms with Crippen LogP contribution in [0.5, 0.6) is 11.6 Å². The minimum atomic E-state index is -0.993. The Kier molecular flexibility index (Phi) is 10.3. The number of rotatable bonds is 9. The summed E-state index contributed by atoms with van der Waals surface area (Å²) in [6.45, 7) is 0.937. The number of likely N-dealkylation sites (N-methyl/N-ethyl adjacent to an activating group) is 1. The van der Waals surface area contributed by atoms with Crippen LogP contribution in [0.3, 0.4) is 0 Å². The number of amides is 2. The van der Waals surface area contributed by atoms with Gasteiger partial charge in [0.2, 0.25) is 5.91 Å². The zero-order chi connectivity index (χ0) is 27.5. The van der Waals surface area contributed by atoms with Crippen LogP contribution in [-0.4, -0.2) is 71.5 Å². The summed E-state index contributed by atoms with van der Waals surface area (Å²) in [6, 6.07) is 6.07. The minimum absolute atomic E-state index is 0.0164. The Morgan fingerprint density at radius 1 is 1.26 bits per heavy atom. The number of pyridine rings is 1. The summed E-state index contributed by atoms with van der Waals surface area (Å²) in [5, 5.41) is 6.79. The minimum Gasteiger partial charge on any atom is -0.492 e. The van der Waals surface area contributed by atoms with Crippen LogP contribution in [0.1, 0.15) is 12.8 Å². The number of ether oxygens (including phenoxy) is 3. The molecule has 1 aliphatic heterocycles. The van der Waals surface area contributed by atoms with E-state index in [-0.39, 0.29) is 42.7 Å². The zero-order valence-electron chi connectivity index (χ0n) is 21.0. The van der Waals surface area contributed by atoms with Crippen molar-refractivity contribution < 1.29 is 32.6 Å². The van der Waals surface area contributed by atoms with Crippen LogP contribution < -0.4 is 20.2 Å². The molecule has 2 N–H and O–H groups in total. The number of hydrogen-bond acceptors (Lipinski definition) is 7. The van der Waals surface area contributed by atoms with Gasteiger partial charge in [-0.1, -0.05) is 0 Å². The van der Waals surface area contributed by atoms with Gasteiger partial charge in [-0.25, -0.2) is 8.78 Å². The lowest BCUT2D eigenvalue weighted by molar-refractivity contribution is -0.131. The molecule has 2 aromatic heterocycles. The first kappa shape index (κ1) is 28.3. The average molecular weight is 534 g/mol. The Hall–Kier alpha value is -4.26. The first-order valence-corrected chi connectivity index (χ1v) is 11.7. The highest BCUT2D eigenvalue weighted by molar-refractivity contribution is 5.94. The Bertz CT molecular complexity index is 1270. The van der Waals surface area contributed by atoms with E-state index in [0.717, 1.165) is 18.6 Å². The van der Waals surface area contributed by atoms with E-state index < -0.39 is 17.7 Å². The molecule has 2 amide bonds. The summed E-state index contributed by atoms with van der Waals surface area (Å²) < 4.78 is 42.8. The predicted molar refractivity (Wildman–Crippen MR) is 133 cm³/mol. The van der Waals surface area contributed by atoms with Crippen molar-refractivity contribution in [3.8, 4) is 11.6 Å². The lowest BCUT2D eigenvalue weighted by Crippen LogP contribution is -2.33. The van der Waals surface area contributed by atoms with Crippen molar-refractivity contribution in [2.75, 3.05) is 39.2 Å². The number of carbonyl (C=O) groups excluding carboxylic acids is 2. The van der Waals surface area contributed by atoms with Crippen molar-refractivity contribution in [2.24, 2.45) is 0 Å². The Balaban J connectivity index is 0.000000375. The van der Waals surface area contributed by atoms with Crippen molar-refractivity contribution in [2.45, 2.75) is 25.5 Å². The summed E-state index contributed by atoms with van der Waals surface area (Å²) in [7, 11) is 3.10.